The van der Waals surface area contributed by atoms with Crippen LogP contribution in [0, 0.1) is 0 Å². The summed E-state index contributed by atoms with van der Waals surface area (Å²) in [6.07, 6.45) is 3.53. The Kier molecular flexibility index (Phi) is 4.29. The lowest BCUT2D eigenvalue weighted by atomic mass is 10.0. The largest absolute Gasteiger partial charge is 0.341 e. The number of carbonyl (C=O) groups is 1. The third-order valence-electron chi connectivity index (χ3n) is 3.40. The van der Waals surface area contributed by atoms with Crippen LogP contribution in [-0.2, 0) is 0 Å². The molecule has 0 bridgehead atoms. The van der Waals surface area contributed by atoms with E-state index in [0.717, 1.165) is 28.2 Å². The predicted molar refractivity (Wildman–Crippen MR) is 91.0 cm³/mol. The molecule has 5 heteroatoms. The normalized spacial score (nSPS) is 10.1. The third-order valence-corrected chi connectivity index (χ3v) is 3.40. The van der Waals surface area contributed by atoms with E-state index in [1.54, 1.807) is 19.4 Å². The standard InChI is InChI=1S/C18H16N4O/c1-19-18(23)22-15-7-3-2-6-14(15)13-9-10-17(21-12-13)16-8-4-5-11-20-16/h2-12H,1H3,(H2,19,22,23). The van der Waals surface area contributed by atoms with Crippen LogP contribution in [0.1, 0.15) is 0 Å². The lowest BCUT2D eigenvalue weighted by molar-refractivity contribution is 0.254. The Hall–Kier alpha value is -3.21. The first kappa shape index (κ1) is 14.7. The molecule has 0 aliphatic heterocycles. The number of hydrogen-bond acceptors (Lipinski definition) is 3. The molecule has 3 aromatic rings. The maximum absolute atomic E-state index is 11.6. The van der Waals surface area contributed by atoms with E-state index in [9.17, 15) is 4.79 Å². The highest BCUT2D eigenvalue weighted by Gasteiger charge is 2.08. The zero-order valence-corrected chi connectivity index (χ0v) is 12.7. The summed E-state index contributed by atoms with van der Waals surface area (Å²) in [4.78, 5) is 20.3. The number of aromatic nitrogens is 2. The van der Waals surface area contributed by atoms with Gasteiger partial charge in [-0.05, 0) is 24.3 Å². The van der Waals surface area contributed by atoms with Gasteiger partial charge in [0.2, 0.25) is 0 Å². The number of nitrogens with zero attached hydrogens (tertiary/aromatic N) is 2. The fourth-order valence-electron chi connectivity index (χ4n) is 2.25. The molecule has 0 aliphatic carbocycles. The minimum atomic E-state index is -0.254. The van der Waals surface area contributed by atoms with Gasteiger partial charge in [0.15, 0.2) is 0 Å². The second-order valence-corrected chi connectivity index (χ2v) is 4.90. The summed E-state index contributed by atoms with van der Waals surface area (Å²) >= 11 is 0. The Balaban J connectivity index is 1.92. The van der Waals surface area contributed by atoms with Crippen molar-refractivity contribution in [1.82, 2.24) is 15.3 Å². The van der Waals surface area contributed by atoms with Gasteiger partial charge in [-0.2, -0.15) is 0 Å². The van der Waals surface area contributed by atoms with Crippen molar-refractivity contribution >= 4 is 11.7 Å². The Morgan fingerprint density at radius 1 is 0.913 bits per heavy atom. The summed E-state index contributed by atoms with van der Waals surface area (Å²) in [6, 6.07) is 17.0. The third kappa shape index (κ3) is 3.35. The van der Waals surface area contributed by atoms with Crippen molar-refractivity contribution < 1.29 is 4.79 Å². The molecule has 1 aromatic carbocycles. The molecule has 0 unspecified atom stereocenters. The number of benzene rings is 1. The van der Waals surface area contributed by atoms with Gasteiger partial charge in [-0.1, -0.05) is 30.3 Å². The molecule has 2 aromatic heterocycles. The molecule has 0 aliphatic rings. The summed E-state index contributed by atoms with van der Waals surface area (Å²) in [5.41, 5.74) is 4.22. The number of nitrogens with one attached hydrogen (secondary N) is 2. The van der Waals surface area contributed by atoms with E-state index in [4.69, 9.17) is 0 Å². The lowest BCUT2D eigenvalue weighted by Crippen LogP contribution is -2.24. The van der Waals surface area contributed by atoms with Crippen LogP contribution in [0.3, 0.4) is 0 Å². The summed E-state index contributed by atoms with van der Waals surface area (Å²) in [7, 11) is 1.58. The highest BCUT2D eigenvalue weighted by molar-refractivity contribution is 5.94. The first-order chi connectivity index (χ1) is 11.3. The van der Waals surface area contributed by atoms with Crippen LogP contribution >= 0.6 is 0 Å². The minimum absolute atomic E-state index is 0.254. The van der Waals surface area contributed by atoms with Crippen LogP contribution in [-0.4, -0.2) is 23.0 Å². The molecule has 3 rings (SSSR count). The van der Waals surface area contributed by atoms with Crippen molar-refractivity contribution in [2.24, 2.45) is 0 Å². The van der Waals surface area contributed by atoms with Gasteiger partial charge in [-0.25, -0.2) is 4.79 Å². The quantitative estimate of drug-likeness (QED) is 0.777. The van der Waals surface area contributed by atoms with Crippen molar-refractivity contribution in [2.45, 2.75) is 0 Å². The molecular formula is C18H16N4O. The molecule has 5 nitrogen and oxygen atoms in total. The molecule has 2 heterocycles. The number of rotatable bonds is 3. The number of urea groups is 1. The highest BCUT2D eigenvalue weighted by atomic mass is 16.2. The zero-order valence-electron chi connectivity index (χ0n) is 12.7. The maximum atomic E-state index is 11.6. The van der Waals surface area contributed by atoms with Crippen molar-refractivity contribution in [3.8, 4) is 22.5 Å². The molecule has 0 fully saturated rings. The molecule has 23 heavy (non-hydrogen) atoms. The molecule has 114 valence electrons. The summed E-state index contributed by atoms with van der Waals surface area (Å²) < 4.78 is 0. The zero-order chi connectivity index (χ0) is 16.1. The van der Waals surface area contributed by atoms with E-state index in [0.29, 0.717) is 0 Å². The Labute approximate surface area is 134 Å². The number of carbonyl (C=O) groups excluding carboxylic acids is 1. The van der Waals surface area contributed by atoms with Crippen molar-refractivity contribution in [2.75, 3.05) is 12.4 Å². The minimum Gasteiger partial charge on any atom is -0.341 e. The van der Waals surface area contributed by atoms with Gasteiger partial charge in [-0.3, -0.25) is 9.97 Å². The van der Waals surface area contributed by atoms with E-state index in [1.807, 2.05) is 54.6 Å². The first-order valence-corrected chi connectivity index (χ1v) is 7.23. The molecule has 0 radical (unpaired) electrons. The average molecular weight is 304 g/mol. The van der Waals surface area contributed by atoms with Crippen LogP contribution in [0.2, 0.25) is 0 Å². The number of amides is 2. The summed E-state index contributed by atoms with van der Waals surface area (Å²) in [6.45, 7) is 0. The molecule has 0 atom stereocenters. The summed E-state index contributed by atoms with van der Waals surface area (Å²) in [5.74, 6) is 0. The van der Waals surface area contributed by atoms with Crippen molar-refractivity contribution in [1.29, 1.82) is 0 Å². The van der Waals surface area contributed by atoms with Crippen LogP contribution in [0.4, 0.5) is 10.5 Å². The molecule has 0 saturated carbocycles. The van der Waals surface area contributed by atoms with Crippen LogP contribution in [0.15, 0.2) is 67.0 Å². The summed E-state index contributed by atoms with van der Waals surface area (Å²) in [5, 5.41) is 5.36. The average Bonchev–Trinajstić information content (AvgIpc) is 2.63. The Morgan fingerprint density at radius 3 is 2.39 bits per heavy atom. The van der Waals surface area contributed by atoms with E-state index < -0.39 is 0 Å². The fraction of sp³-hybridized carbons (Fsp3) is 0.0556. The van der Waals surface area contributed by atoms with E-state index in [2.05, 4.69) is 20.6 Å². The molecule has 2 N–H and O–H groups in total. The smallest absolute Gasteiger partial charge is 0.318 e. The molecule has 0 saturated heterocycles. The predicted octanol–water partition coefficient (Wildman–Crippen LogP) is 3.56. The number of anilines is 1. The molecule has 0 spiro atoms. The monoisotopic (exact) mass is 304 g/mol. The van der Waals surface area contributed by atoms with E-state index in [-0.39, 0.29) is 6.03 Å². The topological polar surface area (TPSA) is 66.9 Å². The Morgan fingerprint density at radius 2 is 1.70 bits per heavy atom. The van der Waals surface area contributed by atoms with Crippen LogP contribution < -0.4 is 10.6 Å². The number of pyridine rings is 2. The molecule has 2 amide bonds. The van der Waals surface area contributed by atoms with Gasteiger partial charge in [-0.15, -0.1) is 0 Å². The van der Waals surface area contributed by atoms with Crippen LogP contribution in [0.5, 0.6) is 0 Å². The molecular weight excluding hydrogens is 288 g/mol. The van der Waals surface area contributed by atoms with Gasteiger partial charge in [0.05, 0.1) is 17.1 Å². The first-order valence-electron chi connectivity index (χ1n) is 7.23. The second kappa shape index (κ2) is 6.70. The maximum Gasteiger partial charge on any atom is 0.318 e. The second-order valence-electron chi connectivity index (χ2n) is 4.90. The van der Waals surface area contributed by atoms with Crippen LogP contribution in [0.25, 0.3) is 22.5 Å². The highest BCUT2D eigenvalue weighted by Crippen LogP contribution is 2.28. The number of para-hydroxylation sites is 1. The van der Waals surface area contributed by atoms with Crippen molar-refractivity contribution in [3.63, 3.8) is 0 Å². The van der Waals surface area contributed by atoms with Gasteiger partial charge < -0.3 is 10.6 Å². The lowest BCUT2D eigenvalue weighted by Gasteiger charge is -2.11. The van der Waals surface area contributed by atoms with E-state index in [1.165, 1.54) is 0 Å². The van der Waals surface area contributed by atoms with Gasteiger partial charge >= 0.3 is 6.03 Å². The van der Waals surface area contributed by atoms with Gasteiger partial charge in [0, 0.05) is 30.6 Å². The van der Waals surface area contributed by atoms with Gasteiger partial charge in [0.1, 0.15) is 0 Å². The number of hydrogen-bond donors (Lipinski definition) is 2. The van der Waals surface area contributed by atoms with E-state index >= 15 is 0 Å². The van der Waals surface area contributed by atoms with Gasteiger partial charge in [0.25, 0.3) is 0 Å². The SMILES string of the molecule is CNC(=O)Nc1ccccc1-c1ccc(-c2ccccn2)nc1. The Bertz CT molecular complexity index is 801. The van der Waals surface area contributed by atoms with Crippen molar-refractivity contribution in [3.05, 3.63) is 67.0 Å². The fourth-order valence-corrected chi connectivity index (χ4v) is 2.25.